The molecule has 0 aromatic heterocycles. The number of rotatable bonds is 14. The van der Waals surface area contributed by atoms with Gasteiger partial charge in [-0.05, 0) is 29.7 Å². The number of carboxylic acids is 2. The zero-order valence-corrected chi connectivity index (χ0v) is 20.2. The molecule has 2 rings (SSSR count). The highest BCUT2D eigenvalue weighted by atomic mass is 16.4. The van der Waals surface area contributed by atoms with E-state index in [4.69, 9.17) is 5.73 Å². The van der Waals surface area contributed by atoms with E-state index in [9.17, 15) is 44.4 Å². The molecule has 0 aliphatic heterocycles. The highest BCUT2D eigenvalue weighted by molar-refractivity contribution is 5.95. The highest BCUT2D eigenvalue weighted by Gasteiger charge is 2.31. The Bertz CT molecular complexity index is 1130. The number of carbonyl (C=O) groups excluding carboxylic acids is 3. The fourth-order valence-corrected chi connectivity index (χ4v) is 3.43. The van der Waals surface area contributed by atoms with Crippen molar-refractivity contribution in [3.63, 3.8) is 0 Å². The van der Waals surface area contributed by atoms with Crippen molar-refractivity contribution in [3.05, 3.63) is 65.7 Å². The number of carbonyl (C=O) groups is 5. The summed E-state index contributed by atoms with van der Waals surface area (Å²) in [7, 11) is 0. The number of nitrogens with two attached hydrogens (primary N) is 1. The molecule has 0 heterocycles. The molecule has 0 radical (unpaired) electrons. The van der Waals surface area contributed by atoms with Crippen molar-refractivity contribution in [2.45, 2.75) is 43.4 Å². The Kier molecular flexibility index (Phi) is 11.2. The van der Waals surface area contributed by atoms with Crippen LogP contribution in [0.2, 0.25) is 0 Å². The van der Waals surface area contributed by atoms with Gasteiger partial charge in [-0.25, -0.2) is 4.79 Å². The first-order chi connectivity index (χ1) is 18.0. The minimum absolute atomic E-state index is 0.0413. The molecule has 2 aromatic rings. The van der Waals surface area contributed by atoms with Crippen LogP contribution in [-0.2, 0) is 36.8 Å². The summed E-state index contributed by atoms with van der Waals surface area (Å²) in [6.45, 7) is -0.879. The summed E-state index contributed by atoms with van der Waals surface area (Å²) < 4.78 is 0. The number of amides is 3. The van der Waals surface area contributed by atoms with Gasteiger partial charge in [0.15, 0.2) is 0 Å². The van der Waals surface area contributed by atoms with Crippen LogP contribution in [0.4, 0.5) is 0 Å². The van der Waals surface area contributed by atoms with Gasteiger partial charge in [-0.15, -0.1) is 0 Å². The van der Waals surface area contributed by atoms with Crippen LogP contribution in [0.1, 0.15) is 17.5 Å². The number of carboxylic acid groups (broad SMARTS) is 2. The summed E-state index contributed by atoms with van der Waals surface area (Å²) in [4.78, 5) is 60.9. The Balaban J connectivity index is 2.05. The summed E-state index contributed by atoms with van der Waals surface area (Å²) >= 11 is 0. The van der Waals surface area contributed by atoms with Gasteiger partial charge < -0.3 is 42.1 Å². The fraction of sp³-hybridized carbons (Fsp3) is 0.320. The van der Waals surface area contributed by atoms with Gasteiger partial charge in [0.05, 0.1) is 19.1 Å². The lowest BCUT2D eigenvalue weighted by molar-refractivity contribution is -0.143. The first-order valence-corrected chi connectivity index (χ1v) is 11.5. The normalized spacial score (nSPS) is 13.8. The average Bonchev–Trinajstić information content (AvgIpc) is 2.87. The number of aromatic hydroxyl groups is 1. The summed E-state index contributed by atoms with van der Waals surface area (Å²) in [5, 5.41) is 44.3. The van der Waals surface area contributed by atoms with Crippen LogP contribution < -0.4 is 21.7 Å². The molecule has 0 saturated heterocycles. The number of hydrogen-bond acceptors (Lipinski definition) is 8. The van der Waals surface area contributed by atoms with Crippen LogP contribution in [0, 0.1) is 0 Å². The zero-order valence-electron chi connectivity index (χ0n) is 20.2. The lowest BCUT2D eigenvalue weighted by Gasteiger charge is -2.23. The fourth-order valence-electron chi connectivity index (χ4n) is 3.43. The predicted molar refractivity (Wildman–Crippen MR) is 133 cm³/mol. The largest absolute Gasteiger partial charge is 0.508 e. The Morgan fingerprint density at radius 2 is 1.24 bits per heavy atom. The molecule has 0 saturated carbocycles. The van der Waals surface area contributed by atoms with E-state index < -0.39 is 66.9 Å². The van der Waals surface area contributed by atoms with Crippen molar-refractivity contribution in [1.29, 1.82) is 0 Å². The zero-order chi connectivity index (χ0) is 28.2. The molecular weight excluding hydrogens is 500 g/mol. The Labute approximate surface area is 217 Å². The van der Waals surface area contributed by atoms with Crippen LogP contribution >= 0.6 is 0 Å². The van der Waals surface area contributed by atoms with Crippen molar-refractivity contribution < 1.29 is 44.4 Å². The van der Waals surface area contributed by atoms with E-state index in [1.165, 1.54) is 24.3 Å². The Morgan fingerprint density at radius 1 is 0.711 bits per heavy atom. The van der Waals surface area contributed by atoms with Gasteiger partial charge >= 0.3 is 11.9 Å². The molecule has 13 heteroatoms. The minimum Gasteiger partial charge on any atom is -0.508 e. The molecule has 0 aliphatic carbocycles. The van der Waals surface area contributed by atoms with Gasteiger partial charge in [0.1, 0.15) is 23.9 Å². The van der Waals surface area contributed by atoms with Gasteiger partial charge in [-0.3, -0.25) is 19.2 Å². The van der Waals surface area contributed by atoms with Gasteiger partial charge in [0.25, 0.3) is 0 Å². The first kappa shape index (κ1) is 29.7. The van der Waals surface area contributed by atoms with E-state index in [0.717, 1.165) is 5.56 Å². The smallest absolute Gasteiger partial charge is 0.326 e. The highest BCUT2D eigenvalue weighted by Crippen LogP contribution is 2.12. The van der Waals surface area contributed by atoms with Crippen LogP contribution in [0.25, 0.3) is 0 Å². The maximum atomic E-state index is 12.8. The van der Waals surface area contributed by atoms with Crippen molar-refractivity contribution in [1.82, 2.24) is 16.0 Å². The molecule has 2 aromatic carbocycles. The summed E-state index contributed by atoms with van der Waals surface area (Å²) in [5.74, 6) is -5.86. The molecule has 4 atom stereocenters. The minimum atomic E-state index is -1.72. The lowest BCUT2D eigenvalue weighted by Crippen LogP contribution is -2.58. The van der Waals surface area contributed by atoms with Crippen molar-refractivity contribution in [2.24, 2.45) is 5.73 Å². The van der Waals surface area contributed by atoms with Gasteiger partial charge in [0.2, 0.25) is 17.7 Å². The number of phenols is 1. The lowest BCUT2D eigenvalue weighted by atomic mass is 10.0. The molecule has 0 bridgehead atoms. The van der Waals surface area contributed by atoms with Crippen LogP contribution in [0.3, 0.4) is 0 Å². The first-order valence-electron chi connectivity index (χ1n) is 11.5. The number of phenolic OH excluding ortho intramolecular Hbond substituents is 1. The third-order valence-electron chi connectivity index (χ3n) is 5.45. The second-order valence-electron chi connectivity index (χ2n) is 8.47. The monoisotopic (exact) mass is 530 g/mol. The van der Waals surface area contributed by atoms with Gasteiger partial charge in [-0.1, -0.05) is 42.5 Å². The maximum absolute atomic E-state index is 12.8. The van der Waals surface area contributed by atoms with Crippen molar-refractivity contribution >= 4 is 29.7 Å². The van der Waals surface area contributed by atoms with Crippen LogP contribution in [-0.4, -0.2) is 80.9 Å². The third kappa shape index (κ3) is 9.52. The molecular formula is C25H30N4O9. The van der Waals surface area contributed by atoms with Crippen LogP contribution in [0.15, 0.2) is 54.6 Å². The van der Waals surface area contributed by atoms with Gasteiger partial charge in [-0.2, -0.15) is 0 Å². The summed E-state index contributed by atoms with van der Waals surface area (Å²) in [6, 6.07) is 8.57. The number of aliphatic hydroxyl groups excluding tert-OH is 1. The number of aliphatic carboxylic acids is 2. The molecule has 4 unspecified atom stereocenters. The molecule has 38 heavy (non-hydrogen) atoms. The predicted octanol–water partition coefficient (Wildman–Crippen LogP) is -1.49. The quantitative estimate of drug-likeness (QED) is 0.141. The van der Waals surface area contributed by atoms with E-state index in [0.29, 0.717) is 5.56 Å². The SMILES string of the molecule is NC(Cc1ccccc1)C(=O)NC(CO)C(=O)NC(CC(=O)O)C(=O)NC(Cc1ccc(O)cc1)C(=O)O. The summed E-state index contributed by atoms with van der Waals surface area (Å²) in [5.41, 5.74) is 7.11. The van der Waals surface area contributed by atoms with Crippen LogP contribution in [0.5, 0.6) is 5.75 Å². The van der Waals surface area contributed by atoms with E-state index in [-0.39, 0.29) is 18.6 Å². The second kappa shape index (κ2) is 14.3. The average molecular weight is 531 g/mol. The number of nitrogens with one attached hydrogen (secondary N) is 3. The molecule has 0 aliphatic rings. The third-order valence-corrected chi connectivity index (χ3v) is 5.45. The number of aliphatic hydroxyl groups is 1. The van der Waals surface area contributed by atoms with Crippen molar-refractivity contribution in [2.75, 3.05) is 6.61 Å². The maximum Gasteiger partial charge on any atom is 0.326 e. The Hall–Kier alpha value is -4.49. The van der Waals surface area contributed by atoms with Gasteiger partial charge in [0, 0.05) is 6.42 Å². The molecule has 0 fully saturated rings. The topological polar surface area (TPSA) is 228 Å². The number of benzene rings is 2. The van der Waals surface area contributed by atoms with E-state index >= 15 is 0 Å². The molecule has 9 N–H and O–H groups in total. The van der Waals surface area contributed by atoms with E-state index in [1.807, 2.05) is 0 Å². The molecule has 204 valence electrons. The standard InChI is InChI=1S/C25H30N4O9/c26-17(10-14-4-2-1-3-5-14)22(34)29-20(13-30)24(36)27-18(12-21(32)33)23(35)28-19(25(37)38)11-15-6-8-16(31)9-7-15/h1-9,17-20,30-31H,10-13,26H2,(H,27,36)(H,28,35)(H,29,34)(H,32,33)(H,37,38). The molecule has 0 spiro atoms. The van der Waals surface area contributed by atoms with Crippen molar-refractivity contribution in [3.8, 4) is 5.75 Å². The molecule has 3 amide bonds. The Morgan fingerprint density at radius 3 is 1.79 bits per heavy atom. The summed E-state index contributed by atoms with van der Waals surface area (Å²) in [6.07, 6.45) is -0.944. The number of hydrogen-bond donors (Lipinski definition) is 8. The molecule has 13 nitrogen and oxygen atoms in total. The van der Waals surface area contributed by atoms with E-state index in [2.05, 4.69) is 16.0 Å². The van der Waals surface area contributed by atoms with E-state index in [1.54, 1.807) is 30.3 Å². The second-order valence-corrected chi connectivity index (χ2v) is 8.47.